The molecule has 0 spiro atoms. The molecule has 346 valence electrons. The topological polar surface area (TPSA) is 30.4 Å². The molecular formula is C69H48N2OS. The Morgan fingerprint density at radius 2 is 0.986 bits per heavy atom. The van der Waals surface area contributed by atoms with Crippen molar-refractivity contribution in [1.29, 1.82) is 0 Å². The Morgan fingerprint density at radius 1 is 0.452 bits per heavy atom. The highest BCUT2D eigenvalue weighted by Crippen LogP contribution is 2.46. The van der Waals surface area contributed by atoms with Crippen LogP contribution in [0.5, 0.6) is 0 Å². The van der Waals surface area contributed by atoms with Crippen molar-refractivity contribution in [3.63, 3.8) is 0 Å². The number of hydrogen-bond donors (Lipinski definition) is 0. The summed E-state index contributed by atoms with van der Waals surface area (Å²) in [6, 6.07) is 80.6. The Balaban J connectivity index is 1.01. The minimum absolute atomic E-state index is 0.0497. The second-order valence-corrected chi connectivity index (χ2v) is 21.4. The minimum atomic E-state index is -0.192. The zero-order chi connectivity index (χ0) is 48.3. The third kappa shape index (κ3) is 6.81. The molecule has 4 heteroatoms. The van der Waals surface area contributed by atoms with Crippen molar-refractivity contribution in [3.05, 3.63) is 241 Å². The van der Waals surface area contributed by atoms with E-state index >= 15 is 0 Å². The molecule has 73 heavy (non-hydrogen) atoms. The summed E-state index contributed by atoms with van der Waals surface area (Å²) in [6.45, 7) is 4.77. The number of thiophene rings is 1. The van der Waals surface area contributed by atoms with E-state index in [-0.39, 0.29) is 17.9 Å². The lowest BCUT2D eigenvalue weighted by molar-refractivity contribution is 0.569. The predicted octanol–water partition coefficient (Wildman–Crippen LogP) is 19.5. The third-order valence-corrected chi connectivity index (χ3v) is 17.1. The summed E-state index contributed by atoms with van der Waals surface area (Å²) in [5.74, 6) is 0.105. The molecule has 3 aromatic heterocycles. The quantitative estimate of drug-likeness (QED) is 0.169. The van der Waals surface area contributed by atoms with Gasteiger partial charge in [0.15, 0.2) is 0 Å². The van der Waals surface area contributed by atoms with Crippen LogP contribution in [0.2, 0.25) is 0 Å². The van der Waals surface area contributed by atoms with E-state index in [4.69, 9.17) is 9.41 Å². The Bertz CT molecular complexity index is 4530. The highest BCUT2D eigenvalue weighted by atomic mass is 32.1. The molecule has 0 amide bonds. The molecule has 0 radical (unpaired) electrons. The van der Waals surface area contributed by atoms with E-state index in [0.29, 0.717) is 0 Å². The molecule has 0 N–H and O–H groups in total. The van der Waals surface area contributed by atoms with Crippen LogP contribution in [0.4, 0.5) is 0 Å². The summed E-state index contributed by atoms with van der Waals surface area (Å²) in [6.07, 6.45) is 3.35. The zero-order valence-corrected chi connectivity index (χ0v) is 41.3. The van der Waals surface area contributed by atoms with Gasteiger partial charge in [-0.2, -0.15) is 0 Å². The van der Waals surface area contributed by atoms with Crippen LogP contribution >= 0.6 is 11.3 Å². The Morgan fingerprint density at radius 3 is 1.67 bits per heavy atom. The van der Waals surface area contributed by atoms with Crippen LogP contribution in [0.1, 0.15) is 43.0 Å². The number of fused-ring (bicyclic) bond motifs is 12. The van der Waals surface area contributed by atoms with Crippen molar-refractivity contribution in [2.24, 2.45) is 16.8 Å². The number of aromatic nitrogens is 1. The lowest BCUT2D eigenvalue weighted by atomic mass is 9.80. The van der Waals surface area contributed by atoms with Gasteiger partial charge in [0.25, 0.3) is 0 Å². The number of aliphatic imine (C=N–C) groups is 1. The van der Waals surface area contributed by atoms with Gasteiger partial charge >= 0.3 is 0 Å². The molecular weight excluding hydrogens is 905 g/mol. The molecule has 14 aromatic rings. The van der Waals surface area contributed by atoms with Gasteiger partial charge in [-0.05, 0) is 127 Å². The Kier molecular flexibility index (Phi) is 9.52. The van der Waals surface area contributed by atoms with Crippen molar-refractivity contribution in [2.75, 3.05) is 0 Å². The summed E-state index contributed by atoms with van der Waals surface area (Å²) in [4.78, 5) is 6.20. The predicted molar refractivity (Wildman–Crippen MR) is 312 cm³/mol. The van der Waals surface area contributed by atoms with Gasteiger partial charge < -0.3 is 8.98 Å². The molecule has 0 saturated carbocycles. The molecule has 3 nitrogen and oxygen atoms in total. The van der Waals surface area contributed by atoms with Crippen LogP contribution in [-0.2, 0) is 0 Å². The number of nitrogens with zero attached hydrogens (tertiary/aromatic N) is 2. The average Bonchev–Trinajstić information content (AvgIpc) is 4.11. The van der Waals surface area contributed by atoms with Gasteiger partial charge in [0.1, 0.15) is 11.2 Å². The smallest absolute Gasteiger partial charge is 0.136 e. The average molecular weight is 953 g/mol. The first-order chi connectivity index (χ1) is 36.0. The van der Waals surface area contributed by atoms with Gasteiger partial charge in [-0.1, -0.05) is 178 Å². The first kappa shape index (κ1) is 42.1. The van der Waals surface area contributed by atoms with Crippen LogP contribution in [0, 0.1) is 11.8 Å². The highest BCUT2D eigenvalue weighted by molar-refractivity contribution is 7.25. The first-order valence-corrected chi connectivity index (χ1v) is 26.4. The molecule has 15 rings (SSSR count). The SMILES string of the molecule is CC1C/C=C(\c2ccc(-c3ccccc3)cc2)C(C)C(c2ccc3c(c2)sc2ccccc23)/N=C\1c1cc2oc3cc4ccccc4cc3c2cc1-n1c2cc3ccccc3cc2c2cc3ccccc3cc21. The maximum Gasteiger partial charge on any atom is 0.136 e. The largest absolute Gasteiger partial charge is 0.456 e. The lowest BCUT2D eigenvalue weighted by Crippen LogP contribution is -2.22. The van der Waals surface area contributed by atoms with E-state index in [1.807, 2.05) is 11.3 Å². The number of furan rings is 1. The van der Waals surface area contributed by atoms with Gasteiger partial charge in [-0.3, -0.25) is 4.99 Å². The Hall–Kier alpha value is -8.57. The van der Waals surface area contributed by atoms with Crippen molar-refractivity contribution < 1.29 is 4.42 Å². The van der Waals surface area contributed by atoms with Gasteiger partial charge in [0.05, 0.1) is 22.8 Å². The fourth-order valence-electron chi connectivity index (χ4n) is 12.2. The molecule has 11 aromatic carbocycles. The van der Waals surface area contributed by atoms with Gasteiger partial charge in [-0.25, -0.2) is 0 Å². The molecule has 1 aliphatic rings. The number of allylic oxidation sites excluding steroid dienone is 1. The fourth-order valence-corrected chi connectivity index (χ4v) is 13.3. The Labute approximate surface area is 426 Å². The van der Waals surface area contributed by atoms with Crippen molar-refractivity contribution >= 4 is 119 Å². The second-order valence-electron chi connectivity index (χ2n) is 20.3. The van der Waals surface area contributed by atoms with Gasteiger partial charge in [0.2, 0.25) is 0 Å². The number of rotatable bonds is 5. The van der Waals surface area contributed by atoms with Gasteiger partial charge in [-0.15, -0.1) is 11.3 Å². The van der Waals surface area contributed by atoms with E-state index in [9.17, 15) is 0 Å². The standard InChI is InChI=1S/C69H48N2OS/c1-41-24-30-53(45-27-25-44(26-28-45)43-14-4-3-5-15-43)42(2)69(52-29-31-55-54-22-12-13-23-66(54)73-67(55)38-52)70-68(41)60-40-65-59(58-34-48-18-8-11-21-51(48)37-64(58)72-65)39-63(60)71-61-35-49-19-9-6-16-46(49)32-56(61)57-33-47-17-7-10-20-50(47)36-62(57)71/h3-23,25-42,69H,24H2,1-2H3/b53-30-,70-68+. The van der Waals surface area contributed by atoms with Crippen LogP contribution in [-0.4, -0.2) is 10.3 Å². The van der Waals surface area contributed by atoms with Crippen molar-refractivity contribution in [3.8, 4) is 16.8 Å². The van der Waals surface area contributed by atoms with E-state index < -0.39 is 0 Å². The normalized spacial score (nSPS) is 18.0. The fraction of sp³-hybridized carbons (Fsp3) is 0.0870. The molecule has 3 atom stereocenters. The van der Waals surface area contributed by atoms with Gasteiger partial charge in [0, 0.05) is 64.8 Å². The summed E-state index contributed by atoms with van der Waals surface area (Å²) < 4.78 is 12.1. The molecule has 0 aliphatic carbocycles. The summed E-state index contributed by atoms with van der Waals surface area (Å²) in [5.41, 5.74) is 13.6. The van der Waals surface area contributed by atoms with Crippen LogP contribution in [0.3, 0.4) is 0 Å². The molecule has 4 heterocycles. The molecule has 0 fully saturated rings. The van der Waals surface area contributed by atoms with Crippen molar-refractivity contribution in [2.45, 2.75) is 26.3 Å². The zero-order valence-electron chi connectivity index (χ0n) is 40.5. The van der Waals surface area contributed by atoms with E-state index in [0.717, 1.165) is 45.3 Å². The van der Waals surface area contributed by atoms with E-state index in [1.54, 1.807) is 0 Å². The third-order valence-electron chi connectivity index (χ3n) is 15.9. The van der Waals surface area contributed by atoms with E-state index in [2.05, 4.69) is 243 Å². The summed E-state index contributed by atoms with van der Waals surface area (Å²) in [7, 11) is 0. The molecule has 1 aliphatic heterocycles. The van der Waals surface area contributed by atoms with Crippen molar-refractivity contribution in [1.82, 2.24) is 4.57 Å². The lowest BCUT2D eigenvalue weighted by Gasteiger charge is -2.30. The van der Waals surface area contributed by atoms with Crippen LogP contribution in [0.15, 0.2) is 234 Å². The second kappa shape index (κ2) is 16.5. The number of hydrogen-bond acceptors (Lipinski definition) is 3. The summed E-state index contributed by atoms with van der Waals surface area (Å²) >= 11 is 1.87. The maximum absolute atomic E-state index is 7.00. The van der Waals surface area contributed by atoms with E-state index in [1.165, 1.54) is 102 Å². The molecule has 0 saturated heterocycles. The minimum Gasteiger partial charge on any atom is -0.456 e. The van der Waals surface area contributed by atoms with Crippen LogP contribution < -0.4 is 0 Å². The summed E-state index contributed by atoms with van der Waals surface area (Å²) in [5, 5.41) is 14.5. The first-order valence-electron chi connectivity index (χ1n) is 25.6. The molecule has 0 bridgehead atoms. The van der Waals surface area contributed by atoms with Crippen LogP contribution in [0.25, 0.3) is 119 Å². The maximum atomic E-state index is 7.00. The molecule has 3 unspecified atom stereocenters. The number of benzene rings is 11. The monoisotopic (exact) mass is 952 g/mol. The highest BCUT2D eigenvalue weighted by Gasteiger charge is 2.31.